The number of aryl methyl sites for hydroxylation is 1. The average molecular weight is 521 g/mol. The molecule has 11 heteroatoms. The van der Waals surface area contributed by atoms with Crippen LogP contribution in [-0.4, -0.2) is 56.4 Å². The molecule has 2 N–H and O–H groups in total. The zero-order valence-corrected chi connectivity index (χ0v) is 21.5. The van der Waals surface area contributed by atoms with Gasteiger partial charge in [-0.1, -0.05) is 0 Å². The first kappa shape index (κ1) is 25.8. The Kier molecular flexibility index (Phi) is 7.66. The molecule has 2 fully saturated rings. The van der Waals surface area contributed by atoms with Gasteiger partial charge in [0.05, 0.1) is 18.5 Å². The molecule has 1 aliphatic carbocycles. The number of ether oxygens (including phenoxy) is 2. The summed E-state index contributed by atoms with van der Waals surface area (Å²) in [7, 11) is 1.76. The fraction of sp³-hybridized carbons (Fsp3) is 0.444. The lowest BCUT2D eigenvalue weighted by Gasteiger charge is -2.28. The quantitative estimate of drug-likeness (QED) is 0.438. The van der Waals surface area contributed by atoms with Gasteiger partial charge >= 0.3 is 0 Å². The number of aliphatic hydroxyl groups is 1. The summed E-state index contributed by atoms with van der Waals surface area (Å²) in [5.41, 5.74) is 0.808. The van der Waals surface area contributed by atoms with E-state index in [9.17, 15) is 14.7 Å². The highest BCUT2D eigenvalue weighted by molar-refractivity contribution is 6.04. The second-order valence-corrected chi connectivity index (χ2v) is 9.89. The number of nitrogens with one attached hydrogen (secondary N) is 1. The first-order chi connectivity index (χ1) is 18.4. The van der Waals surface area contributed by atoms with Crippen LogP contribution in [-0.2, 0) is 16.6 Å². The predicted molar refractivity (Wildman–Crippen MR) is 139 cm³/mol. The maximum absolute atomic E-state index is 13.3. The van der Waals surface area contributed by atoms with E-state index in [2.05, 4.69) is 20.4 Å². The molecule has 0 spiro atoms. The number of hydrogen-bond donors (Lipinski definition) is 2. The van der Waals surface area contributed by atoms with E-state index in [1.54, 1.807) is 60.2 Å². The minimum Gasteiger partial charge on any atom is -0.437 e. The van der Waals surface area contributed by atoms with Crippen molar-refractivity contribution in [3.8, 4) is 11.6 Å². The second-order valence-electron chi connectivity index (χ2n) is 9.89. The van der Waals surface area contributed by atoms with Crippen LogP contribution in [0.2, 0.25) is 0 Å². The van der Waals surface area contributed by atoms with Crippen LogP contribution in [0.3, 0.4) is 0 Å². The fourth-order valence-corrected chi connectivity index (χ4v) is 4.37. The van der Waals surface area contributed by atoms with Gasteiger partial charge in [0, 0.05) is 50.6 Å². The normalized spacial score (nSPS) is 16.6. The molecular weight excluding hydrogens is 488 g/mol. The number of aliphatic hydroxyl groups excluding tert-OH is 1. The van der Waals surface area contributed by atoms with E-state index in [4.69, 9.17) is 9.47 Å². The molecule has 2 amide bonds. The Morgan fingerprint density at radius 3 is 2.61 bits per heavy atom. The van der Waals surface area contributed by atoms with Crippen molar-refractivity contribution in [3.05, 3.63) is 54.0 Å². The van der Waals surface area contributed by atoms with Crippen LogP contribution in [0.15, 0.2) is 42.9 Å². The van der Waals surface area contributed by atoms with Crippen molar-refractivity contribution in [2.75, 3.05) is 30.0 Å². The molecule has 11 nitrogen and oxygen atoms in total. The smallest absolute Gasteiger partial charge is 0.257 e. The van der Waals surface area contributed by atoms with Crippen LogP contribution < -0.4 is 15.0 Å². The third kappa shape index (κ3) is 6.35. The molecule has 200 valence electrons. The Labute approximate surface area is 220 Å². The number of carbonyl (C=O) groups is 2. The highest BCUT2D eigenvalue weighted by Gasteiger charge is 2.33. The molecule has 1 saturated carbocycles. The van der Waals surface area contributed by atoms with Crippen molar-refractivity contribution in [1.29, 1.82) is 0 Å². The van der Waals surface area contributed by atoms with Gasteiger partial charge in [0.1, 0.15) is 5.75 Å². The first-order valence-electron chi connectivity index (χ1n) is 12.9. The lowest BCUT2D eigenvalue weighted by molar-refractivity contribution is -0.125. The van der Waals surface area contributed by atoms with Crippen LogP contribution in [0.1, 0.15) is 54.6 Å². The van der Waals surface area contributed by atoms with Crippen molar-refractivity contribution in [2.45, 2.75) is 38.7 Å². The summed E-state index contributed by atoms with van der Waals surface area (Å²) in [6.07, 6.45) is 7.57. The molecule has 0 radical (unpaired) electrons. The summed E-state index contributed by atoms with van der Waals surface area (Å²) in [5.74, 6) is 1.54. The number of anilines is 2. The molecule has 1 unspecified atom stereocenters. The van der Waals surface area contributed by atoms with Gasteiger partial charge in [-0.3, -0.25) is 19.2 Å². The molecule has 2 aromatic heterocycles. The molecule has 3 heterocycles. The van der Waals surface area contributed by atoms with E-state index in [0.717, 1.165) is 12.8 Å². The van der Waals surface area contributed by atoms with Gasteiger partial charge in [-0.05, 0) is 62.3 Å². The molecule has 1 atom stereocenters. The van der Waals surface area contributed by atoms with Gasteiger partial charge in [-0.15, -0.1) is 0 Å². The summed E-state index contributed by atoms with van der Waals surface area (Å²) in [4.78, 5) is 36.7. The minimum atomic E-state index is -0.819. The largest absolute Gasteiger partial charge is 0.437 e. The molecule has 3 aromatic rings. The topological polar surface area (TPSA) is 132 Å². The van der Waals surface area contributed by atoms with E-state index >= 15 is 0 Å². The van der Waals surface area contributed by atoms with Gasteiger partial charge < -0.3 is 19.9 Å². The van der Waals surface area contributed by atoms with Gasteiger partial charge in [-0.2, -0.15) is 5.10 Å². The van der Waals surface area contributed by atoms with Crippen molar-refractivity contribution in [2.24, 2.45) is 18.9 Å². The molecule has 38 heavy (non-hydrogen) atoms. The number of benzene rings is 1. The Bertz CT molecular complexity index is 1280. The summed E-state index contributed by atoms with van der Waals surface area (Å²) >= 11 is 0. The monoisotopic (exact) mass is 520 g/mol. The molecule has 1 aromatic carbocycles. The maximum Gasteiger partial charge on any atom is 0.257 e. The van der Waals surface area contributed by atoms with Crippen LogP contribution in [0, 0.1) is 11.8 Å². The van der Waals surface area contributed by atoms with E-state index in [0.29, 0.717) is 67.0 Å². The van der Waals surface area contributed by atoms with Crippen LogP contribution >= 0.6 is 0 Å². The number of hydrogen-bond acceptors (Lipinski definition) is 8. The van der Waals surface area contributed by atoms with Crippen molar-refractivity contribution in [1.82, 2.24) is 19.7 Å². The highest BCUT2D eigenvalue weighted by Crippen LogP contribution is 2.33. The lowest BCUT2D eigenvalue weighted by atomic mass is 9.98. The zero-order valence-electron chi connectivity index (χ0n) is 21.5. The summed E-state index contributed by atoms with van der Waals surface area (Å²) in [6, 6.07) is 6.49. The number of rotatable bonds is 9. The zero-order chi connectivity index (χ0) is 26.6. The Morgan fingerprint density at radius 1 is 1.18 bits per heavy atom. The van der Waals surface area contributed by atoms with Gasteiger partial charge in [-0.25, -0.2) is 9.97 Å². The summed E-state index contributed by atoms with van der Waals surface area (Å²) in [5, 5.41) is 17.1. The number of aromatic nitrogens is 4. The van der Waals surface area contributed by atoms with Gasteiger partial charge in [0.25, 0.3) is 5.91 Å². The SMILES string of the molecule is CC(O)c1cc(Oc2cnc(N(CC3CC3)C(=O)C3CCOCC3)cn2)cc(C(=O)Nc2ccn(C)n2)c1. The maximum atomic E-state index is 13.3. The first-order valence-corrected chi connectivity index (χ1v) is 12.9. The molecule has 5 rings (SSSR count). The van der Waals surface area contributed by atoms with E-state index in [-0.39, 0.29) is 23.6 Å². The fourth-order valence-electron chi connectivity index (χ4n) is 4.37. The molecular formula is C27H32N6O5. The Balaban J connectivity index is 1.33. The van der Waals surface area contributed by atoms with Gasteiger partial charge in [0.15, 0.2) is 11.6 Å². The number of nitrogens with zero attached hydrogens (tertiary/aromatic N) is 5. The molecule has 2 aliphatic rings. The van der Waals surface area contributed by atoms with E-state index in [1.807, 2.05) is 0 Å². The summed E-state index contributed by atoms with van der Waals surface area (Å²) < 4.78 is 12.9. The summed E-state index contributed by atoms with van der Waals surface area (Å²) in [6.45, 7) is 3.44. The highest BCUT2D eigenvalue weighted by atomic mass is 16.5. The van der Waals surface area contributed by atoms with Crippen LogP contribution in [0.5, 0.6) is 11.6 Å². The number of carbonyl (C=O) groups excluding carboxylic acids is 2. The average Bonchev–Trinajstić information content (AvgIpc) is 3.66. The predicted octanol–water partition coefficient (Wildman–Crippen LogP) is 3.48. The lowest BCUT2D eigenvalue weighted by Crippen LogP contribution is -2.40. The molecule has 1 aliphatic heterocycles. The molecule has 0 bridgehead atoms. The van der Waals surface area contributed by atoms with Gasteiger partial charge in [0.2, 0.25) is 11.8 Å². The van der Waals surface area contributed by atoms with Crippen molar-refractivity contribution >= 4 is 23.5 Å². The minimum absolute atomic E-state index is 0.0661. The second kappa shape index (κ2) is 11.3. The standard InChI is InChI=1S/C27H32N6O5/c1-17(34)20-11-21(26(35)30-23-5-8-32(2)31-23)13-22(12-20)38-25-15-28-24(14-29-25)33(16-18-3-4-18)27(36)19-6-9-37-10-7-19/h5,8,11-15,17-19,34H,3-4,6-7,9-10,16H2,1-2H3,(H,30,31,35). The molecule has 1 saturated heterocycles. The van der Waals surface area contributed by atoms with Crippen molar-refractivity contribution < 1.29 is 24.2 Å². The third-order valence-corrected chi connectivity index (χ3v) is 6.72. The van der Waals surface area contributed by atoms with Crippen molar-refractivity contribution in [3.63, 3.8) is 0 Å². The Hall–Kier alpha value is -3.83. The van der Waals surface area contributed by atoms with E-state index in [1.165, 1.54) is 6.20 Å². The van der Waals surface area contributed by atoms with Crippen LogP contribution in [0.4, 0.5) is 11.6 Å². The Morgan fingerprint density at radius 2 is 1.97 bits per heavy atom. The van der Waals surface area contributed by atoms with E-state index < -0.39 is 6.10 Å². The third-order valence-electron chi connectivity index (χ3n) is 6.72. The van der Waals surface area contributed by atoms with Crippen LogP contribution in [0.25, 0.3) is 0 Å². The number of amides is 2.